The van der Waals surface area contributed by atoms with Crippen LogP contribution in [-0.2, 0) is 0 Å². The third-order valence-corrected chi connectivity index (χ3v) is 1.12. The standard InChI is InChI=1S/C4H8.CH4N2O2/c1-2-4-3-1;2-3-1(4)5/h1-4H2;3H,2H2,(H,4,5). The van der Waals surface area contributed by atoms with Crippen molar-refractivity contribution in [3.05, 3.63) is 0 Å². The second-order valence-corrected chi connectivity index (χ2v) is 1.86. The molecule has 1 amide bonds. The minimum absolute atomic E-state index is 1.22. The first-order valence-electron chi connectivity index (χ1n) is 2.97. The van der Waals surface area contributed by atoms with Crippen LogP contribution in [0.15, 0.2) is 0 Å². The molecule has 4 heteroatoms. The van der Waals surface area contributed by atoms with Crippen molar-refractivity contribution in [2.75, 3.05) is 0 Å². The molecule has 0 radical (unpaired) electrons. The summed E-state index contributed by atoms with van der Waals surface area (Å²) in [6.07, 6.45) is 4.78. The minimum Gasteiger partial charge on any atom is -0.464 e. The minimum atomic E-state index is -1.22. The number of amides is 1. The van der Waals surface area contributed by atoms with E-state index in [-0.39, 0.29) is 0 Å². The molecule has 0 unspecified atom stereocenters. The summed E-state index contributed by atoms with van der Waals surface area (Å²) in [5.41, 5.74) is 1.44. The summed E-state index contributed by atoms with van der Waals surface area (Å²) in [6.45, 7) is 0. The van der Waals surface area contributed by atoms with Gasteiger partial charge in [0.15, 0.2) is 0 Å². The molecule has 54 valence electrons. The van der Waals surface area contributed by atoms with Gasteiger partial charge in [-0.1, -0.05) is 25.7 Å². The summed E-state index contributed by atoms with van der Waals surface area (Å²) < 4.78 is 0. The lowest BCUT2D eigenvalue weighted by Gasteiger charge is -2.05. The molecule has 1 rings (SSSR count). The van der Waals surface area contributed by atoms with E-state index in [1.165, 1.54) is 31.1 Å². The van der Waals surface area contributed by atoms with Crippen molar-refractivity contribution in [1.29, 1.82) is 0 Å². The number of nitrogens with one attached hydrogen (secondary N) is 1. The molecule has 9 heavy (non-hydrogen) atoms. The average Bonchev–Trinajstić information content (AvgIpc) is 1.61. The number of hydrazine groups is 1. The molecule has 0 aromatic carbocycles. The van der Waals surface area contributed by atoms with E-state index < -0.39 is 6.09 Å². The van der Waals surface area contributed by atoms with Crippen LogP contribution in [0.5, 0.6) is 0 Å². The molecule has 1 fully saturated rings. The molecule has 0 bridgehead atoms. The molecule has 4 nitrogen and oxygen atoms in total. The van der Waals surface area contributed by atoms with Crippen LogP contribution in [0.4, 0.5) is 4.79 Å². The lowest BCUT2D eigenvalue weighted by Crippen LogP contribution is -2.27. The van der Waals surface area contributed by atoms with Crippen molar-refractivity contribution in [2.24, 2.45) is 5.84 Å². The summed E-state index contributed by atoms with van der Waals surface area (Å²) in [6, 6.07) is 0. The molecular weight excluding hydrogens is 120 g/mol. The molecule has 0 heterocycles. The number of nitrogens with two attached hydrogens (primary N) is 1. The monoisotopic (exact) mass is 132 g/mol. The highest BCUT2D eigenvalue weighted by molar-refractivity contribution is 5.63. The quantitative estimate of drug-likeness (QED) is 0.258. The maximum absolute atomic E-state index is 9.13. The first-order chi connectivity index (χ1) is 4.27. The van der Waals surface area contributed by atoms with Gasteiger partial charge in [0.25, 0.3) is 0 Å². The Labute approximate surface area is 54.0 Å². The smallest absolute Gasteiger partial charge is 0.418 e. The highest BCUT2D eigenvalue weighted by Crippen LogP contribution is 2.15. The fraction of sp³-hybridized carbons (Fsp3) is 0.800. The summed E-state index contributed by atoms with van der Waals surface area (Å²) in [7, 11) is 0. The Kier molecular flexibility index (Phi) is 4.91. The fourth-order valence-electron chi connectivity index (χ4n) is 0.250. The largest absolute Gasteiger partial charge is 0.464 e. The Balaban J connectivity index is 0.000000144. The van der Waals surface area contributed by atoms with Gasteiger partial charge in [-0.3, -0.25) is 5.43 Å². The molecule has 0 spiro atoms. The van der Waals surface area contributed by atoms with Crippen molar-refractivity contribution in [2.45, 2.75) is 25.7 Å². The molecule has 1 saturated carbocycles. The van der Waals surface area contributed by atoms with Crippen LogP contribution < -0.4 is 11.3 Å². The SMILES string of the molecule is C1CCC1.NNC(=O)O. The summed E-state index contributed by atoms with van der Waals surface area (Å²) in [4.78, 5) is 9.13. The first kappa shape index (κ1) is 8.23. The van der Waals surface area contributed by atoms with Crippen molar-refractivity contribution in [3.8, 4) is 0 Å². The van der Waals surface area contributed by atoms with E-state index in [9.17, 15) is 0 Å². The van der Waals surface area contributed by atoms with Crippen molar-refractivity contribution < 1.29 is 9.90 Å². The van der Waals surface area contributed by atoms with Gasteiger partial charge in [-0.15, -0.1) is 0 Å². The number of carbonyl (C=O) groups is 1. The maximum Gasteiger partial charge on any atom is 0.418 e. The second-order valence-electron chi connectivity index (χ2n) is 1.86. The van der Waals surface area contributed by atoms with E-state index in [0.29, 0.717) is 0 Å². The summed E-state index contributed by atoms with van der Waals surface area (Å²) in [5.74, 6) is 4.32. The van der Waals surface area contributed by atoms with Crippen molar-refractivity contribution in [1.82, 2.24) is 5.43 Å². The number of hydrogen-bond acceptors (Lipinski definition) is 2. The van der Waals surface area contributed by atoms with Gasteiger partial charge in [0, 0.05) is 0 Å². The molecule has 0 atom stereocenters. The molecule has 1 aliphatic carbocycles. The van der Waals surface area contributed by atoms with Crippen LogP contribution in [0.2, 0.25) is 0 Å². The van der Waals surface area contributed by atoms with E-state index in [4.69, 9.17) is 9.90 Å². The fourth-order valence-corrected chi connectivity index (χ4v) is 0.250. The van der Waals surface area contributed by atoms with Gasteiger partial charge in [-0.25, -0.2) is 10.6 Å². The molecule has 0 aromatic rings. The van der Waals surface area contributed by atoms with Crippen molar-refractivity contribution in [3.63, 3.8) is 0 Å². The number of hydrogen-bond donors (Lipinski definition) is 3. The number of carboxylic acid groups (broad SMARTS) is 1. The number of rotatable bonds is 0. The Morgan fingerprint density at radius 3 is 1.56 bits per heavy atom. The van der Waals surface area contributed by atoms with Crippen LogP contribution in [0.1, 0.15) is 25.7 Å². The summed E-state index contributed by atoms with van der Waals surface area (Å²) in [5, 5.41) is 7.49. The molecule has 4 N–H and O–H groups in total. The Bertz CT molecular complexity index is 77.0. The third kappa shape index (κ3) is 7.23. The zero-order valence-corrected chi connectivity index (χ0v) is 5.26. The van der Waals surface area contributed by atoms with Crippen LogP contribution in [-0.4, -0.2) is 11.2 Å². The van der Waals surface area contributed by atoms with Crippen molar-refractivity contribution >= 4 is 6.09 Å². The van der Waals surface area contributed by atoms with E-state index >= 15 is 0 Å². The van der Waals surface area contributed by atoms with Gasteiger partial charge in [0.05, 0.1) is 0 Å². The van der Waals surface area contributed by atoms with E-state index in [2.05, 4.69) is 5.84 Å². The van der Waals surface area contributed by atoms with Crippen LogP contribution in [0.3, 0.4) is 0 Å². The topological polar surface area (TPSA) is 75.3 Å². The summed E-state index contributed by atoms with van der Waals surface area (Å²) >= 11 is 0. The lowest BCUT2D eigenvalue weighted by atomic mass is 10.0. The van der Waals surface area contributed by atoms with E-state index in [1.54, 1.807) is 0 Å². The first-order valence-corrected chi connectivity index (χ1v) is 2.97. The highest BCUT2D eigenvalue weighted by Gasteiger charge is 1.95. The highest BCUT2D eigenvalue weighted by atomic mass is 16.4. The Morgan fingerprint density at radius 2 is 1.56 bits per heavy atom. The molecule has 1 aliphatic rings. The average molecular weight is 132 g/mol. The van der Waals surface area contributed by atoms with E-state index in [1.807, 2.05) is 0 Å². The van der Waals surface area contributed by atoms with Crippen LogP contribution in [0, 0.1) is 0 Å². The van der Waals surface area contributed by atoms with E-state index in [0.717, 1.165) is 0 Å². The van der Waals surface area contributed by atoms with Gasteiger partial charge in [-0.05, 0) is 0 Å². The third-order valence-electron chi connectivity index (χ3n) is 1.12. The van der Waals surface area contributed by atoms with Gasteiger partial charge < -0.3 is 5.11 Å². The Hall–Kier alpha value is -0.770. The maximum atomic E-state index is 9.13. The van der Waals surface area contributed by atoms with Crippen LogP contribution in [0.25, 0.3) is 0 Å². The lowest BCUT2D eigenvalue weighted by molar-refractivity contribution is 0.194. The van der Waals surface area contributed by atoms with Gasteiger partial charge >= 0.3 is 6.09 Å². The molecule has 0 saturated heterocycles. The second kappa shape index (κ2) is 5.37. The molecule has 0 aromatic heterocycles. The predicted molar refractivity (Wildman–Crippen MR) is 33.8 cm³/mol. The predicted octanol–water partition coefficient (Wildman–Crippen LogP) is 0.688. The molecular formula is C5H12N2O2. The zero-order chi connectivity index (χ0) is 7.11. The Morgan fingerprint density at radius 1 is 1.33 bits per heavy atom. The van der Waals surface area contributed by atoms with Gasteiger partial charge in [-0.2, -0.15) is 0 Å². The van der Waals surface area contributed by atoms with Gasteiger partial charge in [0.1, 0.15) is 0 Å². The van der Waals surface area contributed by atoms with Crippen LogP contribution >= 0.6 is 0 Å². The molecule has 0 aliphatic heterocycles. The normalized spacial score (nSPS) is 14.3. The van der Waals surface area contributed by atoms with Gasteiger partial charge in [0.2, 0.25) is 0 Å². The zero-order valence-electron chi connectivity index (χ0n) is 5.26.